The van der Waals surface area contributed by atoms with E-state index in [-0.39, 0.29) is 10.8 Å². The summed E-state index contributed by atoms with van der Waals surface area (Å²) in [5, 5.41) is 3.31. The third kappa shape index (κ3) is 3.48. The molecule has 0 aliphatic carbocycles. The largest absolute Gasteiger partial charge is 0.298 e. The Hall–Kier alpha value is -2.29. The molecule has 2 aromatic carbocycles. The van der Waals surface area contributed by atoms with E-state index in [1.54, 1.807) is 0 Å². The average Bonchev–Trinajstić information content (AvgIpc) is 3.03. The zero-order valence-corrected chi connectivity index (χ0v) is 16.3. The van der Waals surface area contributed by atoms with Crippen LogP contribution in [0.15, 0.2) is 47.4 Å². The number of aromatic nitrogens is 1. The standard InChI is InChI=1S/C18H19N3O3S2/c1-4-12-6-5-7-15-16(12)19-18(25-15)20-17(22)13-8-10-14(11-9-13)26(23,24)21(2)3/h5-11H,4H2,1-3H3,(H,19,20,22). The van der Waals surface area contributed by atoms with Gasteiger partial charge < -0.3 is 0 Å². The quantitative estimate of drug-likeness (QED) is 0.726. The Kier molecular flexibility index (Phi) is 5.08. The number of carbonyl (C=O) groups excluding carboxylic acids is 1. The first-order chi connectivity index (χ1) is 12.3. The summed E-state index contributed by atoms with van der Waals surface area (Å²) in [6.45, 7) is 2.07. The number of aryl methyl sites for hydroxylation is 1. The molecule has 8 heteroatoms. The van der Waals surface area contributed by atoms with Gasteiger partial charge in [-0.25, -0.2) is 17.7 Å². The average molecular weight is 390 g/mol. The molecule has 0 bridgehead atoms. The van der Waals surface area contributed by atoms with E-state index in [0.29, 0.717) is 10.7 Å². The summed E-state index contributed by atoms with van der Waals surface area (Å²) < 4.78 is 26.3. The molecule has 3 aromatic rings. The van der Waals surface area contributed by atoms with E-state index < -0.39 is 10.0 Å². The molecular formula is C18H19N3O3S2. The maximum atomic E-state index is 12.4. The Bertz CT molecular complexity index is 1050. The van der Waals surface area contributed by atoms with Crippen LogP contribution >= 0.6 is 11.3 Å². The highest BCUT2D eigenvalue weighted by atomic mass is 32.2. The number of sulfonamides is 1. The lowest BCUT2D eigenvalue weighted by molar-refractivity contribution is 0.102. The molecule has 0 aliphatic rings. The van der Waals surface area contributed by atoms with Crippen LogP contribution in [-0.4, -0.2) is 37.7 Å². The number of benzene rings is 2. The van der Waals surface area contributed by atoms with Crippen LogP contribution in [0.25, 0.3) is 10.2 Å². The second-order valence-corrected chi connectivity index (χ2v) is 9.08. The van der Waals surface area contributed by atoms with Crippen molar-refractivity contribution in [3.8, 4) is 0 Å². The molecule has 0 saturated carbocycles. The summed E-state index contributed by atoms with van der Waals surface area (Å²) in [5.41, 5.74) is 2.41. The van der Waals surface area contributed by atoms with E-state index >= 15 is 0 Å². The van der Waals surface area contributed by atoms with Gasteiger partial charge in [-0.2, -0.15) is 0 Å². The predicted octanol–water partition coefficient (Wildman–Crippen LogP) is 3.36. The number of nitrogens with one attached hydrogen (secondary N) is 1. The van der Waals surface area contributed by atoms with Gasteiger partial charge in [0.2, 0.25) is 10.0 Å². The zero-order chi connectivity index (χ0) is 18.9. The fourth-order valence-electron chi connectivity index (χ4n) is 2.50. The molecule has 0 spiro atoms. The van der Waals surface area contributed by atoms with Crippen molar-refractivity contribution >= 4 is 42.6 Å². The highest BCUT2D eigenvalue weighted by molar-refractivity contribution is 7.89. The number of para-hydroxylation sites is 1. The molecule has 1 heterocycles. The second-order valence-electron chi connectivity index (χ2n) is 5.90. The minimum atomic E-state index is -3.51. The van der Waals surface area contributed by atoms with Crippen molar-refractivity contribution in [3.63, 3.8) is 0 Å². The van der Waals surface area contributed by atoms with Crippen molar-refractivity contribution in [3.05, 3.63) is 53.6 Å². The topological polar surface area (TPSA) is 79.4 Å². The summed E-state index contributed by atoms with van der Waals surface area (Å²) in [4.78, 5) is 17.1. The van der Waals surface area contributed by atoms with E-state index in [0.717, 1.165) is 26.5 Å². The SMILES string of the molecule is CCc1cccc2sc(NC(=O)c3ccc(S(=O)(=O)N(C)C)cc3)nc12. The third-order valence-corrected chi connectivity index (χ3v) is 6.76. The molecule has 1 N–H and O–H groups in total. The Morgan fingerprint density at radius 3 is 2.46 bits per heavy atom. The fourth-order valence-corrected chi connectivity index (χ4v) is 4.31. The van der Waals surface area contributed by atoms with Gasteiger partial charge in [0.25, 0.3) is 5.91 Å². The van der Waals surface area contributed by atoms with Crippen LogP contribution in [0.1, 0.15) is 22.8 Å². The molecule has 1 aromatic heterocycles. The first-order valence-electron chi connectivity index (χ1n) is 8.05. The molecule has 0 unspecified atom stereocenters. The van der Waals surface area contributed by atoms with E-state index in [9.17, 15) is 13.2 Å². The van der Waals surface area contributed by atoms with E-state index in [2.05, 4.69) is 17.2 Å². The van der Waals surface area contributed by atoms with Gasteiger partial charge in [-0.3, -0.25) is 10.1 Å². The van der Waals surface area contributed by atoms with Gasteiger partial charge in [-0.1, -0.05) is 30.4 Å². The van der Waals surface area contributed by atoms with Crippen LogP contribution in [0.2, 0.25) is 0 Å². The molecule has 26 heavy (non-hydrogen) atoms. The summed E-state index contributed by atoms with van der Waals surface area (Å²) >= 11 is 1.42. The molecule has 1 amide bonds. The van der Waals surface area contributed by atoms with Gasteiger partial charge in [0.05, 0.1) is 15.1 Å². The lowest BCUT2D eigenvalue weighted by Gasteiger charge is -2.11. The van der Waals surface area contributed by atoms with Crippen molar-refractivity contribution in [2.45, 2.75) is 18.2 Å². The third-order valence-electron chi connectivity index (χ3n) is 4.00. The number of thiazole rings is 1. The van der Waals surface area contributed by atoms with E-state index in [1.165, 1.54) is 49.7 Å². The molecule has 0 fully saturated rings. The molecule has 6 nitrogen and oxygen atoms in total. The summed E-state index contributed by atoms with van der Waals surface area (Å²) in [6, 6.07) is 11.8. The second kappa shape index (κ2) is 7.14. The van der Waals surface area contributed by atoms with Crippen molar-refractivity contribution < 1.29 is 13.2 Å². The molecule has 0 saturated heterocycles. The molecule has 0 atom stereocenters. The number of anilines is 1. The number of carbonyl (C=O) groups is 1. The predicted molar refractivity (Wildman–Crippen MR) is 104 cm³/mol. The van der Waals surface area contributed by atoms with Gasteiger partial charge in [-0.05, 0) is 42.3 Å². The molecule has 0 radical (unpaired) electrons. The molecule has 0 aliphatic heterocycles. The lowest BCUT2D eigenvalue weighted by Crippen LogP contribution is -2.22. The maximum Gasteiger partial charge on any atom is 0.257 e. The summed E-state index contributed by atoms with van der Waals surface area (Å²) in [6.07, 6.45) is 0.871. The van der Waals surface area contributed by atoms with Gasteiger partial charge in [0.1, 0.15) is 0 Å². The maximum absolute atomic E-state index is 12.4. The zero-order valence-electron chi connectivity index (χ0n) is 14.7. The molecule has 3 rings (SSSR count). The Labute approximate surface area is 156 Å². The normalized spacial score (nSPS) is 11.8. The summed E-state index contributed by atoms with van der Waals surface area (Å²) in [7, 11) is -0.580. The fraction of sp³-hybridized carbons (Fsp3) is 0.222. The van der Waals surface area contributed by atoms with Crippen LogP contribution in [0.4, 0.5) is 5.13 Å². The Balaban J connectivity index is 1.82. The Morgan fingerprint density at radius 2 is 1.85 bits per heavy atom. The van der Waals surface area contributed by atoms with Crippen LogP contribution in [-0.2, 0) is 16.4 Å². The van der Waals surface area contributed by atoms with Crippen LogP contribution < -0.4 is 5.32 Å². The van der Waals surface area contributed by atoms with Gasteiger partial charge >= 0.3 is 0 Å². The minimum Gasteiger partial charge on any atom is -0.298 e. The molecule has 136 valence electrons. The summed E-state index contributed by atoms with van der Waals surface area (Å²) in [5.74, 6) is -0.323. The van der Waals surface area contributed by atoms with E-state index in [4.69, 9.17) is 0 Å². The number of rotatable bonds is 5. The number of hydrogen-bond donors (Lipinski definition) is 1. The van der Waals surface area contributed by atoms with Crippen molar-refractivity contribution in [1.82, 2.24) is 9.29 Å². The first kappa shape index (κ1) is 18.5. The number of amides is 1. The number of hydrogen-bond acceptors (Lipinski definition) is 5. The van der Waals surface area contributed by atoms with Crippen LogP contribution in [0, 0.1) is 0 Å². The Morgan fingerprint density at radius 1 is 1.15 bits per heavy atom. The van der Waals surface area contributed by atoms with Crippen molar-refractivity contribution in [2.24, 2.45) is 0 Å². The smallest absolute Gasteiger partial charge is 0.257 e. The number of nitrogens with zero attached hydrogens (tertiary/aromatic N) is 2. The highest BCUT2D eigenvalue weighted by Crippen LogP contribution is 2.29. The first-order valence-corrected chi connectivity index (χ1v) is 10.3. The van der Waals surface area contributed by atoms with Crippen molar-refractivity contribution in [2.75, 3.05) is 19.4 Å². The van der Waals surface area contributed by atoms with Crippen LogP contribution in [0.5, 0.6) is 0 Å². The van der Waals surface area contributed by atoms with Crippen LogP contribution in [0.3, 0.4) is 0 Å². The van der Waals surface area contributed by atoms with Gasteiger partial charge in [0, 0.05) is 19.7 Å². The highest BCUT2D eigenvalue weighted by Gasteiger charge is 2.18. The van der Waals surface area contributed by atoms with E-state index in [1.807, 2.05) is 18.2 Å². The van der Waals surface area contributed by atoms with Crippen molar-refractivity contribution in [1.29, 1.82) is 0 Å². The minimum absolute atomic E-state index is 0.145. The lowest BCUT2D eigenvalue weighted by atomic mass is 10.1. The number of fused-ring (bicyclic) bond motifs is 1. The van der Waals surface area contributed by atoms with Gasteiger partial charge in [-0.15, -0.1) is 0 Å². The molecular weight excluding hydrogens is 370 g/mol. The van der Waals surface area contributed by atoms with Gasteiger partial charge in [0.15, 0.2) is 5.13 Å². The monoisotopic (exact) mass is 389 g/mol.